The number of halogens is 1. The first kappa shape index (κ1) is 30.0. The van der Waals surface area contributed by atoms with Crippen molar-refractivity contribution in [2.75, 3.05) is 31.5 Å². The Balaban J connectivity index is 1.10. The third-order valence-electron chi connectivity index (χ3n) is 7.15. The molecule has 224 valence electrons. The molecule has 1 saturated carbocycles. The zero-order valence-electron chi connectivity index (χ0n) is 24.2. The molecular formula is C30H37ClN6O4S. The van der Waals surface area contributed by atoms with Crippen LogP contribution in [0.2, 0.25) is 5.02 Å². The molecule has 5 rings (SSSR count). The summed E-state index contributed by atoms with van der Waals surface area (Å²) in [6, 6.07) is 7.98. The summed E-state index contributed by atoms with van der Waals surface area (Å²) in [6.07, 6.45) is 5.24. The van der Waals surface area contributed by atoms with E-state index in [1.807, 2.05) is 45.0 Å². The maximum atomic E-state index is 12.7. The summed E-state index contributed by atoms with van der Waals surface area (Å²) in [5.74, 6) is 0.292. The van der Waals surface area contributed by atoms with Crippen LogP contribution in [0.3, 0.4) is 0 Å². The van der Waals surface area contributed by atoms with Crippen LogP contribution in [-0.4, -0.2) is 70.6 Å². The zero-order chi connectivity index (χ0) is 29.9. The highest BCUT2D eigenvalue weighted by atomic mass is 35.5. The molecule has 3 heterocycles. The Morgan fingerprint density at radius 1 is 1.12 bits per heavy atom. The van der Waals surface area contributed by atoms with Crippen LogP contribution in [0, 0.1) is 5.92 Å². The number of benzene rings is 1. The number of hydrogen-bond donors (Lipinski definition) is 3. The summed E-state index contributed by atoms with van der Waals surface area (Å²) in [5.41, 5.74) is 0.727. The quantitative estimate of drug-likeness (QED) is 0.274. The second-order valence-electron chi connectivity index (χ2n) is 11.8. The van der Waals surface area contributed by atoms with Crippen LogP contribution in [-0.2, 0) is 9.53 Å². The van der Waals surface area contributed by atoms with Gasteiger partial charge in [-0.15, -0.1) is 11.3 Å². The van der Waals surface area contributed by atoms with Gasteiger partial charge in [0.1, 0.15) is 11.3 Å². The largest absolute Gasteiger partial charge is 0.444 e. The Morgan fingerprint density at radius 3 is 2.60 bits per heavy atom. The molecule has 0 atom stereocenters. The number of nitrogens with one attached hydrogen (secondary N) is 3. The first-order valence-electron chi connectivity index (χ1n) is 14.4. The Bertz CT molecular complexity index is 1460. The number of piperidine rings is 1. The number of likely N-dealkylation sites (tertiary alicyclic amines) is 1. The zero-order valence-corrected chi connectivity index (χ0v) is 25.7. The number of ether oxygens (including phenoxy) is 1. The molecule has 12 heteroatoms. The number of fused-ring (bicyclic) bond motifs is 1. The summed E-state index contributed by atoms with van der Waals surface area (Å²) in [5, 5.41) is 10.6. The molecule has 1 aliphatic heterocycles. The SMILES string of the molecule is CC(C)(C)OC(=O)N1CCC(C(=O)NCCCNc2ncc(Cl)c(-c3cc4c(C(=O)NC5CC5)cccc4s3)n2)CC1. The molecule has 10 nitrogen and oxygen atoms in total. The van der Waals surface area contributed by atoms with Gasteiger partial charge in [0, 0.05) is 53.8 Å². The highest BCUT2D eigenvalue weighted by Gasteiger charge is 2.30. The topological polar surface area (TPSA) is 126 Å². The lowest BCUT2D eigenvalue weighted by molar-refractivity contribution is -0.126. The molecular weight excluding hydrogens is 576 g/mol. The number of nitrogens with zero attached hydrogens (tertiary/aromatic N) is 3. The fraction of sp³-hybridized carbons (Fsp3) is 0.500. The molecule has 3 amide bonds. The van der Waals surface area contributed by atoms with Crippen molar-refractivity contribution in [2.45, 2.75) is 64.5 Å². The Labute approximate surface area is 254 Å². The van der Waals surface area contributed by atoms with Crippen LogP contribution >= 0.6 is 22.9 Å². The van der Waals surface area contributed by atoms with Crippen molar-refractivity contribution in [3.05, 3.63) is 41.0 Å². The van der Waals surface area contributed by atoms with E-state index >= 15 is 0 Å². The van der Waals surface area contributed by atoms with Crippen molar-refractivity contribution in [2.24, 2.45) is 5.92 Å². The Morgan fingerprint density at radius 2 is 1.88 bits per heavy atom. The Kier molecular flexibility index (Phi) is 9.17. The van der Waals surface area contributed by atoms with Crippen LogP contribution < -0.4 is 16.0 Å². The summed E-state index contributed by atoms with van der Waals surface area (Å²) in [4.78, 5) is 49.1. The Hall–Kier alpha value is -3.44. The summed E-state index contributed by atoms with van der Waals surface area (Å²) >= 11 is 8.02. The van der Waals surface area contributed by atoms with Crippen molar-refractivity contribution in [1.29, 1.82) is 0 Å². The first-order valence-corrected chi connectivity index (χ1v) is 15.6. The third kappa shape index (κ3) is 7.69. The van der Waals surface area contributed by atoms with E-state index in [1.165, 1.54) is 11.3 Å². The highest BCUT2D eigenvalue weighted by molar-refractivity contribution is 7.22. The predicted octanol–water partition coefficient (Wildman–Crippen LogP) is 5.47. The van der Waals surface area contributed by atoms with Crippen LogP contribution in [0.4, 0.5) is 10.7 Å². The first-order chi connectivity index (χ1) is 20.1. The monoisotopic (exact) mass is 612 g/mol. The highest BCUT2D eigenvalue weighted by Crippen LogP contribution is 2.37. The van der Waals surface area contributed by atoms with Crippen molar-refractivity contribution in [1.82, 2.24) is 25.5 Å². The number of aromatic nitrogens is 2. The molecule has 1 aromatic carbocycles. The molecule has 3 aromatic rings. The van der Waals surface area contributed by atoms with E-state index in [1.54, 1.807) is 11.1 Å². The molecule has 2 aromatic heterocycles. The van der Waals surface area contributed by atoms with Crippen molar-refractivity contribution < 1.29 is 19.1 Å². The average Bonchev–Trinajstić information content (AvgIpc) is 3.66. The molecule has 0 radical (unpaired) electrons. The predicted molar refractivity (Wildman–Crippen MR) is 165 cm³/mol. The third-order valence-corrected chi connectivity index (χ3v) is 8.53. The summed E-state index contributed by atoms with van der Waals surface area (Å²) in [6.45, 7) is 7.64. The van der Waals surface area contributed by atoms with E-state index in [0.29, 0.717) is 67.7 Å². The van der Waals surface area contributed by atoms with Crippen LogP contribution in [0.25, 0.3) is 20.7 Å². The van der Waals surface area contributed by atoms with Gasteiger partial charge in [0.25, 0.3) is 5.91 Å². The maximum absolute atomic E-state index is 12.7. The minimum atomic E-state index is -0.533. The number of anilines is 1. The lowest BCUT2D eigenvalue weighted by Crippen LogP contribution is -2.45. The van der Waals surface area contributed by atoms with Gasteiger partial charge in [-0.3, -0.25) is 9.59 Å². The minimum absolute atomic E-state index is 0.0128. The molecule has 3 N–H and O–H groups in total. The molecule has 2 aliphatic rings. The smallest absolute Gasteiger partial charge is 0.410 e. The normalized spacial score (nSPS) is 15.9. The molecule has 0 spiro atoms. The van der Waals surface area contributed by atoms with Crippen molar-refractivity contribution in [3.8, 4) is 10.6 Å². The lowest BCUT2D eigenvalue weighted by atomic mass is 9.96. The van der Waals surface area contributed by atoms with Crippen LogP contribution in [0.15, 0.2) is 30.5 Å². The molecule has 2 fully saturated rings. The average molecular weight is 613 g/mol. The minimum Gasteiger partial charge on any atom is -0.444 e. The van der Waals surface area contributed by atoms with Crippen LogP contribution in [0.1, 0.15) is 63.2 Å². The van der Waals surface area contributed by atoms with Gasteiger partial charge < -0.3 is 25.6 Å². The molecule has 1 aliphatic carbocycles. The number of amides is 3. The fourth-order valence-corrected chi connectivity index (χ4v) is 6.13. The second-order valence-corrected chi connectivity index (χ2v) is 13.3. The van der Waals surface area contributed by atoms with Gasteiger partial charge in [-0.05, 0) is 71.1 Å². The van der Waals surface area contributed by atoms with E-state index in [2.05, 4.69) is 25.9 Å². The number of hydrogen-bond acceptors (Lipinski definition) is 8. The second kappa shape index (κ2) is 12.8. The molecule has 42 heavy (non-hydrogen) atoms. The molecule has 1 saturated heterocycles. The number of rotatable bonds is 9. The van der Waals surface area contributed by atoms with Gasteiger partial charge in [0.15, 0.2) is 0 Å². The molecule has 0 bridgehead atoms. The van der Waals surface area contributed by atoms with Gasteiger partial charge >= 0.3 is 6.09 Å². The van der Waals surface area contributed by atoms with E-state index in [9.17, 15) is 14.4 Å². The van der Waals surface area contributed by atoms with Gasteiger partial charge in [0.05, 0.1) is 16.1 Å². The van der Waals surface area contributed by atoms with Gasteiger partial charge in [-0.25, -0.2) is 14.8 Å². The van der Waals surface area contributed by atoms with Gasteiger partial charge in [-0.1, -0.05) is 17.7 Å². The van der Waals surface area contributed by atoms with E-state index < -0.39 is 5.60 Å². The standard InChI is InChI=1S/C30H37ClN6O4S/c1-30(2,3)41-29(40)37-14-10-18(11-15-37)26(38)32-12-5-13-33-28-34-17-22(31)25(36-28)24-16-21-20(6-4-7-23(21)42-24)27(39)35-19-8-9-19/h4,6-7,16-19H,5,8-15H2,1-3H3,(H,32,38)(H,35,39)(H,33,34,36). The fourth-order valence-electron chi connectivity index (χ4n) is 4.79. The number of thiophene rings is 1. The summed E-state index contributed by atoms with van der Waals surface area (Å²) in [7, 11) is 0. The molecule has 0 unspecified atom stereocenters. The van der Waals surface area contributed by atoms with Crippen molar-refractivity contribution >= 4 is 56.9 Å². The maximum Gasteiger partial charge on any atom is 0.410 e. The number of carbonyl (C=O) groups is 3. The van der Waals surface area contributed by atoms with Crippen molar-refractivity contribution in [3.63, 3.8) is 0 Å². The van der Waals surface area contributed by atoms with E-state index in [4.69, 9.17) is 16.3 Å². The van der Waals surface area contributed by atoms with E-state index in [-0.39, 0.29) is 29.9 Å². The lowest BCUT2D eigenvalue weighted by Gasteiger charge is -2.32. The number of carbonyl (C=O) groups excluding carboxylic acids is 3. The van der Waals surface area contributed by atoms with Gasteiger partial charge in [-0.2, -0.15) is 0 Å². The van der Waals surface area contributed by atoms with Gasteiger partial charge in [0.2, 0.25) is 11.9 Å². The summed E-state index contributed by atoms with van der Waals surface area (Å²) < 4.78 is 6.42. The van der Waals surface area contributed by atoms with Crippen LogP contribution in [0.5, 0.6) is 0 Å². The van der Waals surface area contributed by atoms with E-state index in [0.717, 1.165) is 27.8 Å².